The van der Waals surface area contributed by atoms with E-state index in [-0.39, 0.29) is 16.7 Å². The van der Waals surface area contributed by atoms with Crippen LogP contribution in [0.2, 0.25) is 0 Å². The summed E-state index contributed by atoms with van der Waals surface area (Å²) in [5.74, 6) is 0.861. The van der Waals surface area contributed by atoms with Crippen LogP contribution in [0.5, 0.6) is 5.88 Å². The summed E-state index contributed by atoms with van der Waals surface area (Å²) in [5.41, 5.74) is 1.13. The summed E-state index contributed by atoms with van der Waals surface area (Å²) in [6.07, 6.45) is 1.59. The number of aromatic nitrogens is 3. The first-order valence-electron chi connectivity index (χ1n) is 6.45. The standard InChI is InChI=1S/C14H12N4O4S/c1-21-13-11(3-2-8-16-13)14-18-17-12(22-14)9-4-6-10(7-5-9)23(15,19)20/h2-8H,1H3,(H2,15,19,20). The first-order valence-corrected chi connectivity index (χ1v) is 8.00. The topological polar surface area (TPSA) is 121 Å². The van der Waals surface area contributed by atoms with Crippen LogP contribution in [-0.2, 0) is 10.0 Å². The molecule has 118 valence electrons. The Labute approximate surface area is 132 Å². The highest BCUT2D eigenvalue weighted by Crippen LogP contribution is 2.29. The van der Waals surface area contributed by atoms with Gasteiger partial charge in [-0.25, -0.2) is 18.5 Å². The van der Waals surface area contributed by atoms with E-state index in [1.807, 2.05) is 0 Å². The molecule has 3 rings (SSSR count). The van der Waals surface area contributed by atoms with Gasteiger partial charge in [0.25, 0.3) is 5.89 Å². The summed E-state index contributed by atoms with van der Waals surface area (Å²) in [6, 6.07) is 9.29. The number of primary sulfonamides is 1. The quantitative estimate of drug-likeness (QED) is 0.767. The largest absolute Gasteiger partial charge is 0.480 e. The Kier molecular flexibility index (Phi) is 3.80. The Morgan fingerprint density at radius 3 is 2.43 bits per heavy atom. The number of hydrogen-bond donors (Lipinski definition) is 1. The fourth-order valence-corrected chi connectivity index (χ4v) is 2.47. The van der Waals surface area contributed by atoms with Crippen molar-refractivity contribution in [1.29, 1.82) is 0 Å². The molecule has 2 N–H and O–H groups in total. The molecule has 0 saturated heterocycles. The molecule has 0 aliphatic carbocycles. The number of ether oxygens (including phenoxy) is 1. The van der Waals surface area contributed by atoms with Gasteiger partial charge >= 0.3 is 0 Å². The van der Waals surface area contributed by atoms with Crippen molar-refractivity contribution in [2.24, 2.45) is 5.14 Å². The van der Waals surface area contributed by atoms with Crippen molar-refractivity contribution in [1.82, 2.24) is 15.2 Å². The zero-order chi connectivity index (χ0) is 16.4. The van der Waals surface area contributed by atoms with Crippen molar-refractivity contribution in [2.45, 2.75) is 4.90 Å². The predicted molar refractivity (Wildman–Crippen MR) is 80.9 cm³/mol. The number of benzene rings is 1. The van der Waals surface area contributed by atoms with E-state index in [0.29, 0.717) is 17.0 Å². The van der Waals surface area contributed by atoms with Crippen molar-refractivity contribution >= 4 is 10.0 Å². The molecule has 0 unspecified atom stereocenters. The van der Waals surface area contributed by atoms with Crippen LogP contribution in [0.3, 0.4) is 0 Å². The van der Waals surface area contributed by atoms with Crippen molar-refractivity contribution in [3.63, 3.8) is 0 Å². The summed E-state index contributed by atoms with van der Waals surface area (Å²) < 4.78 is 33.2. The highest BCUT2D eigenvalue weighted by molar-refractivity contribution is 7.89. The Hall–Kier alpha value is -2.78. The van der Waals surface area contributed by atoms with Crippen molar-refractivity contribution in [3.8, 4) is 28.8 Å². The molecule has 1 aromatic carbocycles. The first-order chi connectivity index (χ1) is 11.0. The lowest BCUT2D eigenvalue weighted by molar-refractivity contribution is 0.397. The summed E-state index contributed by atoms with van der Waals surface area (Å²) in [6.45, 7) is 0. The van der Waals surface area contributed by atoms with E-state index in [9.17, 15) is 8.42 Å². The van der Waals surface area contributed by atoms with Crippen molar-refractivity contribution in [3.05, 3.63) is 42.6 Å². The number of rotatable bonds is 4. The number of sulfonamides is 1. The third kappa shape index (κ3) is 3.05. The van der Waals surface area contributed by atoms with E-state index in [4.69, 9.17) is 14.3 Å². The van der Waals surface area contributed by atoms with Crippen molar-refractivity contribution < 1.29 is 17.6 Å². The molecule has 0 fully saturated rings. The number of hydrogen-bond acceptors (Lipinski definition) is 7. The number of nitrogens with two attached hydrogens (primary N) is 1. The highest BCUT2D eigenvalue weighted by atomic mass is 32.2. The van der Waals surface area contributed by atoms with Gasteiger partial charge in [-0.2, -0.15) is 0 Å². The fraction of sp³-hybridized carbons (Fsp3) is 0.0714. The van der Waals surface area contributed by atoms with Gasteiger partial charge in [-0.1, -0.05) is 0 Å². The molecule has 0 aliphatic heterocycles. The van der Waals surface area contributed by atoms with Gasteiger partial charge in [-0.3, -0.25) is 0 Å². The third-order valence-electron chi connectivity index (χ3n) is 3.05. The summed E-state index contributed by atoms with van der Waals surface area (Å²) in [4.78, 5) is 4.07. The molecule has 0 spiro atoms. The van der Waals surface area contributed by atoms with E-state index in [2.05, 4.69) is 15.2 Å². The molecule has 8 nitrogen and oxygen atoms in total. The predicted octanol–water partition coefficient (Wildman–Crippen LogP) is 1.45. The van der Waals surface area contributed by atoms with E-state index in [1.165, 1.54) is 31.4 Å². The van der Waals surface area contributed by atoms with Crippen LogP contribution in [0.1, 0.15) is 0 Å². The maximum Gasteiger partial charge on any atom is 0.253 e. The van der Waals surface area contributed by atoms with E-state index in [1.54, 1.807) is 18.3 Å². The van der Waals surface area contributed by atoms with Gasteiger partial charge in [0.05, 0.1) is 12.0 Å². The molecule has 9 heteroatoms. The van der Waals surface area contributed by atoms with Crippen molar-refractivity contribution in [2.75, 3.05) is 7.11 Å². The Morgan fingerprint density at radius 1 is 1.09 bits per heavy atom. The summed E-state index contributed by atoms with van der Waals surface area (Å²) >= 11 is 0. The van der Waals surface area contributed by atoms with Crippen LogP contribution in [0.15, 0.2) is 51.9 Å². The first kappa shape index (κ1) is 15.1. The molecular weight excluding hydrogens is 320 g/mol. The minimum Gasteiger partial charge on any atom is -0.480 e. The molecule has 2 aromatic heterocycles. The average molecular weight is 332 g/mol. The zero-order valence-corrected chi connectivity index (χ0v) is 12.8. The Bertz CT molecular complexity index is 935. The van der Waals surface area contributed by atoms with Gasteiger partial charge in [0.2, 0.25) is 21.8 Å². The minimum absolute atomic E-state index is 0.00918. The maximum absolute atomic E-state index is 11.2. The van der Waals surface area contributed by atoms with Crippen LogP contribution in [0.4, 0.5) is 0 Å². The van der Waals surface area contributed by atoms with Gasteiger partial charge in [-0.15, -0.1) is 10.2 Å². The Balaban J connectivity index is 1.96. The molecule has 2 heterocycles. The normalized spacial score (nSPS) is 11.4. The molecule has 3 aromatic rings. The molecule has 23 heavy (non-hydrogen) atoms. The van der Waals surface area contributed by atoms with Gasteiger partial charge < -0.3 is 9.15 Å². The van der Waals surface area contributed by atoms with Crippen LogP contribution in [-0.4, -0.2) is 30.7 Å². The second kappa shape index (κ2) is 5.78. The van der Waals surface area contributed by atoms with Gasteiger partial charge in [0.15, 0.2) is 0 Å². The van der Waals surface area contributed by atoms with E-state index >= 15 is 0 Å². The summed E-state index contributed by atoms with van der Waals surface area (Å²) in [7, 11) is -2.24. The van der Waals surface area contributed by atoms with Crippen LogP contribution in [0, 0.1) is 0 Å². The number of methoxy groups -OCH3 is 1. The number of pyridine rings is 1. The zero-order valence-electron chi connectivity index (χ0n) is 12.0. The Morgan fingerprint density at radius 2 is 1.78 bits per heavy atom. The number of nitrogens with zero attached hydrogens (tertiary/aromatic N) is 3. The second-order valence-corrected chi connectivity index (χ2v) is 6.10. The smallest absolute Gasteiger partial charge is 0.253 e. The molecular formula is C14H12N4O4S. The highest BCUT2D eigenvalue weighted by Gasteiger charge is 2.15. The van der Waals surface area contributed by atoms with E-state index < -0.39 is 10.0 Å². The third-order valence-corrected chi connectivity index (χ3v) is 3.98. The molecule has 0 atom stereocenters. The minimum atomic E-state index is -3.74. The van der Waals surface area contributed by atoms with E-state index in [0.717, 1.165) is 0 Å². The van der Waals surface area contributed by atoms with Gasteiger partial charge in [0.1, 0.15) is 5.56 Å². The molecule has 0 amide bonds. The molecule has 0 aliphatic rings. The fourth-order valence-electron chi connectivity index (χ4n) is 1.95. The van der Waals surface area contributed by atoms with Crippen LogP contribution < -0.4 is 9.88 Å². The monoisotopic (exact) mass is 332 g/mol. The molecule has 0 radical (unpaired) electrons. The van der Waals surface area contributed by atoms with Crippen LogP contribution in [0.25, 0.3) is 22.9 Å². The lowest BCUT2D eigenvalue weighted by Crippen LogP contribution is -2.11. The van der Waals surface area contributed by atoms with Gasteiger partial charge in [0, 0.05) is 11.8 Å². The van der Waals surface area contributed by atoms with Gasteiger partial charge in [-0.05, 0) is 36.4 Å². The SMILES string of the molecule is COc1ncccc1-c1nnc(-c2ccc(S(N)(=O)=O)cc2)o1. The lowest BCUT2D eigenvalue weighted by atomic mass is 10.2. The average Bonchev–Trinajstić information content (AvgIpc) is 3.04. The summed E-state index contributed by atoms with van der Waals surface area (Å²) in [5, 5.41) is 13.0. The molecule has 0 bridgehead atoms. The lowest BCUT2D eigenvalue weighted by Gasteiger charge is -2.02. The molecule has 0 saturated carbocycles. The maximum atomic E-state index is 11.2. The van der Waals surface area contributed by atoms with Crippen LogP contribution >= 0.6 is 0 Å². The second-order valence-electron chi connectivity index (χ2n) is 4.54.